The maximum atomic E-state index is 12.3. The Balaban J connectivity index is 2.70. The van der Waals surface area contributed by atoms with Crippen LogP contribution in [0.2, 0.25) is 0 Å². The SMILES string of the molecule is CCOC(=O)CN(CC)C(=O)C(C)c1ccccc1. The Morgan fingerprint density at radius 3 is 2.37 bits per heavy atom. The maximum Gasteiger partial charge on any atom is 0.325 e. The molecule has 4 heteroatoms. The molecule has 1 aromatic rings. The highest BCUT2D eigenvalue weighted by atomic mass is 16.5. The summed E-state index contributed by atoms with van der Waals surface area (Å²) in [7, 11) is 0. The molecule has 0 N–H and O–H groups in total. The van der Waals surface area contributed by atoms with Gasteiger partial charge in [0.25, 0.3) is 0 Å². The van der Waals surface area contributed by atoms with E-state index in [9.17, 15) is 9.59 Å². The number of carbonyl (C=O) groups excluding carboxylic acids is 2. The van der Waals surface area contributed by atoms with Gasteiger partial charge in [-0.3, -0.25) is 9.59 Å². The Labute approximate surface area is 114 Å². The van der Waals surface area contributed by atoms with Crippen molar-refractivity contribution in [1.29, 1.82) is 0 Å². The van der Waals surface area contributed by atoms with Crippen molar-refractivity contribution < 1.29 is 14.3 Å². The van der Waals surface area contributed by atoms with E-state index in [4.69, 9.17) is 4.74 Å². The third kappa shape index (κ3) is 4.39. The van der Waals surface area contributed by atoms with Gasteiger partial charge >= 0.3 is 5.97 Å². The van der Waals surface area contributed by atoms with Gasteiger partial charge in [0.2, 0.25) is 5.91 Å². The van der Waals surface area contributed by atoms with Crippen LogP contribution in [0.5, 0.6) is 0 Å². The van der Waals surface area contributed by atoms with Crippen molar-refractivity contribution in [2.24, 2.45) is 0 Å². The molecule has 1 rings (SSSR count). The second kappa shape index (κ2) is 7.56. The average molecular weight is 263 g/mol. The molecule has 0 saturated heterocycles. The predicted octanol–water partition coefficient (Wildman–Crippen LogP) is 2.20. The lowest BCUT2D eigenvalue weighted by Gasteiger charge is -2.23. The third-order valence-electron chi connectivity index (χ3n) is 2.99. The van der Waals surface area contributed by atoms with E-state index in [0.29, 0.717) is 13.2 Å². The highest BCUT2D eigenvalue weighted by Gasteiger charge is 2.22. The molecule has 1 unspecified atom stereocenters. The fourth-order valence-electron chi connectivity index (χ4n) is 1.87. The van der Waals surface area contributed by atoms with Gasteiger partial charge in [0.1, 0.15) is 6.54 Å². The molecule has 0 aliphatic carbocycles. The van der Waals surface area contributed by atoms with Gasteiger partial charge < -0.3 is 9.64 Å². The Morgan fingerprint density at radius 1 is 1.21 bits per heavy atom. The second-order valence-electron chi connectivity index (χ2n) is 4.29. The molecular weight excluding hydrogens is 242 g/mol. The van der Waals surface area contributed by atoms with Gasteiger partial charge in [-0.2, -0.15) is 0 Å². The number of nitrogens with zero attached hydrogens (tertiary/aromatic N) is 1. The lowest BCUT2D eigenvalue weighted by molar-refractivity contribution is -0.149. The first-order valence-corrected chi connectivity index (χ1v) is 6.59. The molecule has 0 aromatic heterocycles. The van der Waals surface area contributed by atoms with Crippen LogP contribution < -0.4 is 0 Å². The maximum absolute atomic E-state index is 12.3. The lowest BCUT2D eigenvalue weighted by atomic mass is 10.00. The molecule has 104 valence electrons. The highest BCUT2D eigenvalue weighted by Crippen LogP contribution is 2.17. The molecular formula is C15H21NO3. The van der Waals surface area contributed by atoms with Gasteiger partial charge in [-0.1, -0.05) is 30.3 Å². The topological polar surface area (TPSA) is 46.6 Å². The minimum absolute atomic E-state index is 0.0142. The summed E-state index contributed by atoms with van der Waals surface area (Å²) in [5, 5.41) is 0. The van der Waals surface area contributed by atoms with Crippen LogP contribution in [0.1, 0.15) is 32.3 Å². The number of benzene rings is 1. The molecule has 4 nitrogen and oxygen atoms in total. The molecule has 0 saturated carbocycles. The van der Waals surface area contributed by atoms with E-state index in [0.717, 1.165) is 5.56 Å². The summed E-state index contributed by atoms with van der Waals surface area (Å²) in [6, 6.07) is 9.56. The van der Waals surface area contributed by atoms with E-state index in [1.165, 1.54) is 4.90 Å². The molecule has 1 aromatic carbocycles. The number of hydrogen-bond acceptors (Lipinski definition) is 3. The van der Waals surface area contributed by atoms with E-state index in [2.05, 4.69) is 0 Å². The summed E-state index contributed by atoms with van der Waals surface area (Å²) < 4.78 is 4.88. The van der Waals surface area contributed by atoms with E-state index >= 15 is 0 Å². The minimum Gasteiger partial charge on any atom is -0.465 e. The van der Waals surface area contributed by atoms with Gasteiger partial charge in [0.05, 0.1) is 12.5 Å². The van der Waals surface area contributed by atoms with E-state index in [-0.39, 0.29) is 24.3 Å². The van der Waals surface area contributed by atoms with Crippen molar-refractivity contribution in [1.82, 2.24) is 4.90 Å². The van der Waals surface area contributed by atoms with Crippen LogP contribution in [0.15, 0.2) is 30.3 Å². The zero-order valence-electron chi connectivity index (χ0n) is 11.8. The van der Waals surface area contributed by atoms with E-state index in [1.807, 2.05) is 44.2 Å². The van der Waals surface area contributed by atoms with Crippen LogP contribution in [0.3, 0.4) is 0 Å². The van der Waals surface area contributed by atoms with Crippen molar-refractivity contribution in [2.75, 3.05) is 19.7 Å². The summed E-state index contributed by atoms with van der Waals surface area (Å²) >= 11 is 0. The first kappa shape index (κ1) is 15.2. The molecule has 0 spiro atoms. The number of rotatable bonds is 6. The molecule has 0 aliphatic rings. The number of amides is 1. The quantitative estimate of drug-likeness (QED) is 0.739. The van der Waals surface area contributed by atoms with Crippen LogP contribution in [0.25, 0.3) is 0 Å². The fourth-order valence-corrected chi connectivity index (χ4v) is 1.87. The van der Waals surface area contributed by atoms with Crippen LogP contribution in [-0.4, -0.2) is 36.5 Å². The molecule has 0 radical (unpaired) electrons. The normalized spacial score (nSPS) is 11.7. The van der Waals surface area contributed by atoms with Gasteiger partial charge in [-0.05, 0) is 26.3 Å². The van der Waals surface area contributed by atoms with Crippen LogP contribution in [0, 0.1) is 0 Å². The summed E-state index contributed by atoms with van der Waals surface area (Å²) in [5.41, 5.74) is 0.954. The molecule has 0 bridgehead atoms. The fraction of sp³-hybridized carbons (Fsp3) is 0.467. The Hall–Kier alpha value is -1.84. The second-order valence-corrected chi connectivity index (χ2v) is 4.29. The Kier molecular flexibility index (Phi) is 6.06. The van der Waals surface area contributed by atoms with E-state index in [1.54, 1.807) is 6.92 Å². The van der Waals surface area contributed by atoms with Crippen molar-refractivity contribution in [3.63, 3.8) is 0 Å². The summed E-state index contributed by atoms with van der Waals surface area (Å²) in [5.74, 6) is -0.671. The standard InChI is InChI=1S/C15H21NO3/c1-4-16(11-14(17)19-5-2)15(18)12(3)13-9-7-6-8-10-13/h6-10,12H,4-5,11H2,1-3H3. The molecule has 19 heavy (non-hydrogen) atoms. The number of hydrogen-bond donors (Lipinski definition) is 0. The van der Waals surface area contributed by atoms with Crippen LogP contribution in [0.4, 0.5) is 0 Å². The van der Waals surface area contributed by atoms with Gasteiger partial charge in [0.15, 0.2) is 0 Å². The van der Waals surface area contributed by atoms with Gasteiger partial charge in [-0.15, -0.1) is 0 Å². The number of ether oxygens (including phenoxy) is 1. The Morgan fingerprint density at radius 2 is 1.84 bits per heavy atom. The third-order valence-corrected chi connectivity index (χ3v) is 2.99. The molecule has 0 aliphatic heterocycles. The highest BCUT2D eigenvalue weighted by molar-refractivity contribution is 5.86. The first-order chi connectivity index (χ1) is 9.10. The predicted molar refractivity (Wildman–Crippen MR) is 73.7 cm³/mol. The van der Waals surface area contributed by atoms with Crippen molar-refractivity contribution in [2.45, 2.75) is 26.7 Å². The zero-order valence-corrected chi connectivity index (χ0v) is 11.8. The lowest BCUT2D eigenvalue weighted by Crippen LogP contribution is -2.38. The number of likely N-dealkylation sites (N-methyl/N-ethyl adjacent to an activating group) is 1. The number of esters is 1. The van der Waals surface area contributed by atoms with Gasteiger partial charge in [-0.25, -0.2) is 0 Å². The zero-order chi connectivity index (χ0) is 14.3. The van der Waals surface area contributed by atoms with Gasteiger partial charge in [0, 0.05) is 6.54 Å². The van der Waals surface area contributed by atoms with Crippen LogP contribution >= 0.6 is 0 Å². The molecule has 0 heterocycles. The average Bonchev–Trinajstić information content (AvgIpc) is 2.44. The largest absolute Gasteiger partial charge is 0.465 e. The van der Waals surface area contributed by atoms with Crippen LogP contribution in [-0.2, 0) is 14.3 Å². The Bertz CT molecular complexity index is 417. The molecule has 0 fully saturated rings. The monoisotopic (exact) mass is 263 g/mol. The first-order valence-electron chi connectivity index (χ1n) is 6.59. The molecule has 1 amide bonds. The summed E-state index contributed by atoms with van der Waals surface area (Å²) in [6.45, 7) is 6.30. The smallest absolute Gasteiger partial charge is 0.325 e. The van der Waals surface area contributed by atoms with Crippen molar-refractivity contribution >= 4 is 11.9 Å². The van der Waals surface area contributed by atoms with Crippen molar-refractivity contribution in [3.05, 3.63) is 35.9 Å². The summed E-state index contributed by atoms with van der Waals surface area (Å²) in [6.07, 6.45) is 0. The summed E-state index contributed by atoms with van der Waals surface area (Å²) in [4.78, 5) is 25.3. The number of carbonyl (C=O) groups is 2. The minimum atomic E-state index is -0.363. The molecule has 1 atom stereocenters. The van der Waals surface area contributed by atoms with Crippen molar-refractivity contribution in [3.8, 4) is 0 Å². The van der Waals surface area contributed by atoms with E-state index < -0.39 is 0 Å².